The van der Waals surface area contributed by atoms with Crippen LogP contribution in [0.5, 0.6) is 0 Å². The highest BCUT2D eigenvalue weighted by Crippen LogP contribution is 2.30. The maximum Gasteiger partial charge on any atom is 0.338 e. The Morgan fingerprint density at radius 3 is 2.53 bits per heavy atom. The molecule has 2 aromatic heterocycles. The number of aromatic nitrogens is 5. The van der Waals surface area contributed by atoms with Crippen LogP contribution in [-0.2, 0) is 11.3 Å². The van der Waals surface area contributed by atoms with Crippen LogP contribution in [0.1, 0.15) is 29.3 Å². The van der Waals surface area contributed by atoms with Crippen molar-refractivity contribution < 1.29 is 9.53 Å². The van der Waals surface area contributed by atoms with Gasteiger partial charge in [-0.05, 0) is 40.5 Å². The maximum atomic E-state index is 11.9. The number of anilines is 1. The molecule has 162 valence electrons. The van der Waals surface area contributed by atoms with Gasteiger partial charge in [0.2, 0.25) is 5.82 Å². The Labute approximate surface area is 186 Å². The number of esters is 1. The van der Waals surface area contributed by atoms with Crippen LogP contribution in [-0.4, -0.2) is 45.2 Å². The molecule has 0 radical (unpaired) electrons. The lowest BCUT2D eigenvalue weighted by atomic mass is 9.98. The molecule has 2 aromatic carbocycles. The predicted molar refractivity (Wildman–Crippen MR) is 122 cm³/mol. The zero-order valence-electron chi connectivity index (χ0n) is 18.0. The standard InChI is InChI=1S/C24H24N6O2/c1-3-14-30(22-15-19(12-13-25-22)24(31)32-2)16-17-8-10-18(11-9-17)20-6-4-5-7-21(20)23-26-28-29-27-23/h4-13,15H,3,14,16H2,1-2H3,(H,26,27,28,29). The molecule has 2 heterocycles. The molecule has 0 amide bonds. The first-order valence-corrected chi connectivity index (χ1v) is 10.4. The van der Waals surface area contributed by atoms with E-state index in [1.165, 1.54) is 7.11 Å². The molecular weight excluding hydrogens is 404 g/mol. The Bertz CT molecular complexity index is 1180. The first-order chi connectivity index (χ1) is 15.7. The summed E-state index contributed by atoms with van der Waals surface area (Å²) >= 11 is 0. The Hall–Kier alpha value is -4.07. The second kappa shape index (κ2) is 9.82. The van der Waals surface area contributed by atoms with Crippen molar-refractivity contribution in [3.63, 3.8) is 0 Å². The van der Waals surface area contributed by atoms with Gasteiger partial charge in [-0.3, -0.25) is 0 Å². The topological polar surface area (TPSA) is 96.9 Å². The van der Waals surface area contributed by atoms with Gasteiger partial charge in [-0.25, -0.2) is 9.78 Å². The van der Waals surface area contributed by atoms with E-state index in [1.54, 1.807) is 18.3 Å². The van der Waals surface area contributed by atoms with E-state index >= 15 is 0 Å². The average Bonchev–Trinajstić information content (AvgIpc) is 3.39. The molecule has 0 aliphatic carbocycles. The summed E-state index contributed by atoms with van der Waals surface area (Å²) < 4.78 is 4.84. The Morgan fingerprint density at radius 2 is 1.84 bits per heavy atom. The van der Waals surface area contributed by atoms with Crippen LogP contribution in [0.4, 0.5) is 5.82 Å². The minimum atomic E-state index is -0.366. The van der Waals surface area contributed by atoms with Crippen molar-refractivity contribution in [1.82, 2.24) is 25.6 Å². The van der Waals surface area contributed by atoms with Gasteiger partial charge in [-0.15, -0.1) is 10.2 Å². The van der Waals surface area contributed by atoms with Crippen LogP contribution < -0.4 is 4.90 Å². The summed E-state index contributed by atoms with van der Waals surface area (Å²) in [7, 11) is 1.38. The first-order valence-electron chi connectivity index (χ1n) is 10.4. The summed E-state index contributed by atoms with van der Waals surface area (Å²) in [5, 5.41) is 14.4. The molecule has 0 spiro atoms. The van der Waals surface area contributed by atoms with Crippen LogP contribution in [0.2, 0.25) is 0 Å². The number of benzene rings is 2. The molecule has 0 atom stereocenters. The quantitative estimate of drug-likeness (QED) is 0.421. The van der Waals surface area contributed by atoms with Crippen molar-refractivity contribution in [2.75, 3.05) is 18.6 Å². The predicted octanol–water partition coefficient (Wildman–Crippen LogP) is 4.13. The number of rotatable bonds is 8. The molecule has 1 N–H and O–H groups in total. The van der Waals surface area contributed by atoms with E-state index in [9.17, 15) is 4.79 Å². The maximum absolute atomic E-state index is 11.9. The van der Waals surface area contributed by atoms with Gasteiger partial charge >= 0.3 is 5.97 Å². The molecular formula is C24H24N6O2. The zero-order chi connectivity index (χ0) is 22.3. The third-order valence-corrected chi connectivity index (χ3v) is 5.14. The number of hydrogen-bond acceptors (Lipinski definition) is 7. The van der Waals surface area contributed by atoms with E-state index in [0.29, 0.717) is 17.9 Å². The largest absolute Gasteiger partial charge is 0.465 e. The summed E-state index contributed by atoms with van der Waals surface area (Å²) in [6.07, 6.45) is 2.60. The van der Waals surface area contributed by atoms with Gasteiger partial charge in [-0.1, -0.05) is 55.5 Å². The average molecular weight is 428 g/mol. The van der Waals surface area contributed by atoms with Crippen molar-refractivity contribution in [3.8, 4) is 22.5 Å². The monoisotopic (exact) mass is 428 g/mol. The molecule has 8 nitrogen and oxygen atoms in total. The molecule has 4 aromatic rings. The summed E-state index contributed by atoms with van der Waals surface area (Å²) in [5.41, 5.74) is 4.67. The van der Waals surface area contributed by atoms with E-state index < -0.39 is 0 Å². The third kappa shape index (κ3) is 4.64. The number of nitrogens with zero attached hydrogens (tertiary/aromatic N) is 5. The molecule has 0 bridgehead atoms. The van der Waals surface area contributed by atoms with Crippen molar-refractivity contribution >= 4 is 11.8 Å². The number of methoxy groups -OCH3 is 1. The van der Waals surface area contributed by atoms with Gasteiger partial charge in [0.1, 0.15) is 5.82 Å². The Balaban J connectivity index is 1.57. The van der Waals surface area contributed by atoms with Crippen LogP contribution in [0, 0.1) is 0 Å². The molecule has 0 fully saturated rings. The van der Waals surface area contributed by atoms with Gasteiger partial charge in [0.15, 0.2) is 0 Å². The van der Waals surface area contributed by atoms with Crippen molar-refractivity contribution in [2.24, 2.45) is 0 Å². The van der Waals surface area contributed by atoms with Crippen LogP contribution in [0.25, 0.3) is 22.5 Å². The number of carbonyl (C=O) groups is 1. The molecule has 4 rings (SSSR count). The normalized spacial score (nSPS) is 10.7. The lowest BCUT2D eigenvalue weighted by molar-refractivity contribution is 0.0600. The summed E-state index contributed by atoms with van der Waals surface area (Å²) in [6.45, 7) is 3.62. The van der Waals surface area contributed by atoms with Gasteiger partial charge < -0.3 is 9.64 Å². The number of hydrogen-bond donors (Lipinski definition) is 1. The molecule has 0 aliphatic heterocycles. The van der Waals surface area contributed by atoms with E-state index in [4.69, 9.17) is 4.74 Å². The van der Waals surface area contributed by atoms with Crippen LogP contribution in [0.3, 0.4) is 0 Å². The van der Waals surface area contributed by atoms with Crippen molar-refractivity contribution in [3.05, 3.63) is 78.0 Å². The fraction of sp³-hybridized carbons (Fsp3) is 0.208. The fourth-order valence-corrected chi connectivity index (χ4v) is 3.60. The lowest BCUT2D eigenvalue weighted by Gasteiger charge is -2.24. The molecule has 8 heteroatoms. The molecule has 32 heavy (non-hydrogen) atoms. The zero-order valence-corrected chi connectivity index (χ0v) is 18.0. The van der Waals surface area contributed by atoms with Gasteiger partial charge in [0.05, 0.1) is 12.7 Å². The van der Waals surface area contributed by atoms with Gasteiger partial charge in [0.25, 0.3) is 0 Å². The number of tetrazole rings is 1. The van der Waals surface area contributed by atoms with Crippen molar-refractivity contribution in [1.29, 1.82) is 0 Å². The first kappa shape index (κ1) is 21.2. The number of pyridine rings is 1. The van der Waals surface area contributed by atoms with Crippen LogP contribution in [0.15, 0.2) is 66.9 Å². The number of ether oxygens (including phenoxy) is 1. The number of nitrogens with one attached hydrogen (secondary N) is 1. The van der Waals surface area contributed by atoms with Gasteiger partial charge in [-0.2, -0.15) is 5.21 Å². The highest BCUT2D eigenvalue weighted by Gasteiger charge is 2.14. The fourth-order valence-electron chi connectivity index (χ4n) is 3.60. The second-order valence-electron chi connectivity index (χ2n) is 7.29. The van der Waals surface area contributed by atoms with E-state index in [0.717, 1.165) is 41.0 Å². The highest BCUT2D eigenvalue weighted by atomic mass is 16.5. The lowest BCUT2D eigenvalue weighted by Crippen LogP contribution is -2.24. The summed E-state index contributed by atoms with van der Waals surface area (Å²) in [5.74, 6) is 0.950. The third-order valence-electron chi connectivity index (χ3n) is 5.14. The second-order valence-corrected chi connectivity index (χ2v) is 7.29. The van der Waals surface area contributed by atoms with E-state index in [2.05, 4.69) is 61.7 Å². The van der Waals surface area contributed by atoms with Gasteiger partial charge in [0, 0.05) is 24.8 Å². The summed E-state index contributed by atoms with van der Waals surface area (Å²) in [4.78, 5) is 18.5. The molecule has 0 aliphatic rings. The molecule has 0 saturated heterocycles. The Kier molecular flexibility index (Phi) is 6.50. The minimum Gasteiger partial charge on any atom is -0.465 e. The van der Waals surface area contributed by atoms with E-state index in [1.807, 2.05) is 24.3 Å². The molecule has 0 unspecified atom stereocenters. The van der Waals surface area contributed by atoms with Crippen molar-refractivity contribution in [2.45, 2.75) is 19.9 Å². The number of aromatic amines is 1. The van der Waals surface area contributed by atoms with E-state index in [-0.39, 0.29) is 5.97 Å². The molecule has 0 saturated carbocycles. The number of carbonyl (C=O) groups excluding carboxylic acids is 1. The SMILES string of the molecule is CCCN(Cc1ccc(-c2ccccc2-c2nn[nH]n2)cc1)c1cc(C(=O)OC)ccn1. The summed E-state index contributed by atoms with van der Waals surface area (Å²) in [6, 6.07) is 19.8. The smallest absolute Gasteiger partial charge is 0.338 e. The van der Waals surface area contributed by atoms with Crippen LogP contribution >= 0.6 is 0 Å². The highest BCUT2D eigenvalue weighted by molar-refractivity contribution is 5.90. The minimum absolute atomic E-state index is 0.366. The Morgan fingerprint density at radius 1 is 1.06 bits per heavy atom. The number of H-pyrrole nitrogens is 1.